The highest BCUT2D eigenvalue weighted by Gasteiger charge is 2.18. The van der Waals surface area contributed by atoms with E-state index in [-0.39, 0.29) is 39.9 Å². The predicted octanol–water partition coefficient (Wildman–Crippen LogP) is 3.85. The minimum Gasteiger partial charge on any atom is -0.494 e. The Morgan fingerprint density at radius 1 is 1.48 bits per heavy atom. The molecule has 0 radical (unpaired) electrons. The van der Waals surface area contributed by atoms with Crippen molar-refractivity contribution >= 4 is 29.2 Å². The van der Waals surface area contributed by atoms with Crippen LogP contribution in [0.4, 0.5) is 11.4 Å². The molecule has 0 aliphatic heterocycles. The van der Waals surface area contributed by atoms with Gasteiger partial charge in [0.25, 0.3) is 11.2 Å². The molecule has 2 aromatic rings. The van der Waals surface area contributed by atoms with Crippen LogP contribution in [0.15, 0.2) is 28.0 Å². The molecule has 1 aromatic heterocycles. The molecule has 0 saturated carbocycles. The maximum Gasteiger partial charge on any atom is 0.271 e. The zero-order valence-electron chi connectivity index (χ0n) is 14.8. The van der Waals surface area contributed by atoms with Crippen molar-refractivity contribution in [2.24, 2.45) is 4.99 Å². The molecular formula is C18H17ClN4O4. The fourth-order valence-electron chi connectivity index (χ4n) is 2.50. The van der Waals surface area contributed by atoms with Crippen LogP contribution >= 0.6 is 11.6 Å². The van der Waals surface area contributed by atoms with Gasteiger partial charge in [0.15, 0.2) is 0 Å². The number of nitriles is 1. The van der Waals surface area contributed by atoms with Gasteiger partial charge in [-0.05, 0) is 25.0 Å². The number of halogens is 1. The van der Waals surface area contributed by atoms with Gasteiger partial charge in [0.1, 0.15) is 11.6 Å². The summed E-state index contributed by atoms with van der Waals surface area (Å²) in [4.78, 5) is 26.7. The number of unbranched alkanes of at least 4 members (excludes halogenated alkanes) is 1. The van der Waals surface area contributed by atoms with E-state index in [9.17, 15) is 25.3 Å². The van der Waals surface area contributed by atoms with Gasteiger partial charge in [0.2, 0.25) is 5.88 Å². The standard InChI is InChI=1S/C18H17ClN4O4/c1-3-4-7-22-17(24)13(9-20)11(2)14(18(22)25)10-21-16-6-5-12(23(26)27)8-15(16)19/h5-6,8,10,25H,3-4,7H2,1-2H3. The first-order valence-electron chi connectivity index (χ1n) is 8.16. The van der Waals surface area contributed by atoms with Crippen LogP contribution in [0.5, 0.6) is 5.88 Å². The third-order valence-electron chi connectivity index (χ3n) is 4.06. The minimum atomic E-state index is -0.571. The van der Waals surface area contributed by atoms with Crippen LogP contribution in [0, 0.1) is 28.4 Å². The van der Waals surface area contributed by atoms with Crippen molar-refractivity contribution in [3.8, 4) is 11.9 Å². The Kier molecular flexibility index (Phi) is 6.32. The zero-order chi connectivity index (χ0) is 20.1. The highest BCUT2D eigenvalue weighted by Crippen LogP contribution is 2.29. The lowest BCUT2D eigenvalue weighted by Crippen LogP contribution is -2.25. The molecule has 0 bridgehead atoms. The average Bonchev–Trinajstić information content (AvgIpc) is 2.62. The molecule has 1 aromatic carbocycles. The fourth-order valence-corrected chi connectivity index (χ4v) is 2.72. The molecule has 0 aliphatic carbocycles. The number of hydrogen-bond acceptors (Lipinski definition) is 6. The van der Waals surface area contributed by atoms with E-state index >= 15 is 0 Å². The SMILES string of the molecule is CCCCn1c(O)c(C=Nc2ccc([N+](=O)[O-])cc2Cl)c(C)c(C#N)c1=O. The summed E-state index contributed by atoms with van der Waals surface area (Å²) in [6.07, 6.45) is 2.76. The lowest BCUT2D eigenvalue weighted by atomic mass is 10.1. The van der Waals surface area contributed by atoms with Crippen molar-refractivity contribution in [1.82, 2.24) is 4.57 Å². The number of benzene rings is 1. The zero-order valence-corrected chi connectivity index (χ0v) is 15.5. The van der Waals surface area contributed by atoms with Crippen LogP contribution in [0.2, 0.25) is 5.02 Å². The summed E-state index contributed by atoms with van der Waals surface area (Å²) in [5.74, 6) is -0.285. The summed E-state index contributed by atoms with van der Waals surface area (Å²) in [5, 5.41) is 30.6. The van der Waals surface area contributed by atoms with Crippen molar-refractivity contribution in [2.75, 3.05) is 0 Å². The van der Waals surface area contributed by atoms with Crippen LogP contribution in [0.25, 0.3) is 0 Å². The van der Waals surface area contributed by atoms with E-state index < -0.39 is 10.5 Å². The molecular weight excluding hydrogens is 372 g/mol. The first-order chi connectivity index (χ1) is 12.8. The number of nitrogens with zero attached hydrogens (tertiary/aromatic N) is 4. The number of aromatic hydroxyl groups is 1. The summed E-state index contributed by atoms with van der Waals surface area (Å²) in [5.41, 5.74) is -0.0124. The van der Waals surface area contributed by atoms with Crippen molar-refractivity contribution in [1.29, 1.82) is 5.26 Å². The van der Waals surface area contributed by atoms with Crippen LogP contribution in [-0.4, -0.2) is 20.8 Å². The van der Waals surface area contributed by atoms with E-state index in [1.54, 1.807) is 6.92 Å². The Morgan fingerprint density at radius 3 is 2.74 bits per heavy atom. The molecule has 0 unspecified atom stereocenters. The summed E-state index contributed by atoms with van der Waals surface area (Å²) < 4.78 is 1.15. The van der Waals surface area contributed by atoms with Crippen molar-refractivity contribution in [2.45, 2.75) is 33.2 Å². The molecule has 0 amide bonds. The van der Waals surface area contributed by atoms with Gasteiger partial charge in [-0.3, -0.25) is 24.5 Å². The Balaban J connectivity index is 2.55. The lowest BCUT2D eigenvalue weighted by Gasteiger charge is -2.13. The number of nitro benzene ring substituents is 1. The maximum atomic E-state index is 12.4. The molecule has 140 valence electrons. The van der Waals surface area contributed by atoms with Crippen LogP contribution in [-0.2, 0) is 6.54 Å². The first-order valence-corrected chi connectivity index (χ1v) is 8.54. The highest BCUT2D eigenvalue weighted by atomic mass is 35.5. The number of aromatic nitrogens is 1. The Bertz CT molecular complexity index is 1020. The number of hydrogen-bond donors (Lipinski definition) is 1. The van der Waals surface area contributed by atoms with Gasteiger partial charge >= 0.3 is 0 Å². The van der Waals surface area contributed by atoms with Crippen LogP contribution in [0.1, 0.15) is 36.5 Å². The normalized spacial score (nSPS) is 10.9. The molecule has 9 heteroatoms. The molecule has 0 fully saturated rings. The highest BCUT2D eigenvalue weighted by molar-refractivity contribution is 6.33. The minimum absolute atomic E-state index is 0.0670. The lowest BCUT2D eigenvalue weighted by molar-refractivity contribution is -0.384. The quantitative estimate of drug-likeness (QED) is 0.457. The van der Waals surface area contributed by atoms with Gasteiger partial charge in [-0.25, -0.2) is 0 Å². The smallest absolute Gasteiger partial charge is 0.271 e. The average molecular weight is 389 g/mol. The molecule has 8 nitrogen and oxygen atoms in total. The van der Waals surface area contributed by atoms with Gasteiger partial charge in [-0.2, -0.15) is 5.26 Å². The number of nitro groups is 1. The third kappa shape index (κ3) is 4.15. The van der Waals surface area contributed by atoms with Crippen molar-refractivity contribution < 1.29 is 10.0 Å². The molecule has 0 aliphatic rings. The Hall–Kier alpha value is -3.18. The molecule has 1 heterocycles. The number of rotatable bonds is 6. The van der Waals surface area contributed by atoms with Gasteiger partial charge in [-0.1, -0.05) is 24.9 Å². The number of non-ortho nitro benzene ring substituents is 1. The van der Waals surface area contributed by atoms with Crippen LogP contribution in [0.3, 0.4) is 0 Å². The van der Waals surface area contributed by atoms with Crippen LogP contribution < -0.4 is 5.56 Å². The largest absolute Gasteiger partial charge is 0.494 e. The van der Waals surface area contributed by atoms with E-state index in [4.69, 9.17) is 11.6 Å². The fraction of sp³-hybridized carbons (Fsp3) is 0.278. The van der Waals surface area contributed by atoms with Crippen molar-refractivity contribution in [3.05, 3.63) is 60.4 Å². The second kappa shape index (κ2) is 8.47. The van der Waals surface area contributed by atoms with Gasteiger partial charge in [-0.15, -0.1) is 0 Å². The molecule has 0 spiro atoms. The Morgan fingerprint density at radius 2 is 2.19 bits per heavy atom. The summed E-state index contributed by atoms with van der Waals surface area (Å²) in [7, 11) is 0. The number of pyridine rings is 1. The number of aliphatic imine (C=N–C) groups is 1. The van der Waals surface area contributed by atoms with Crippen molar-refractivity contribution in [3.63, 3.8) is 0 Å². The molecule has 1 N–H and O–H groups in total. The molecule has 27 heavy (non-hydrogen) atoms. The maximum absolute atomic E-state index is 12.4. The van der Waals surface area contributed by atoms with E-state index in [1.807, 2.05) is 13.0 Å². The van der Waals surface area contributed by atoms with E-state index in [1.165, 1.54) is 24.4 Å². The third-order valence-corrected chi connectivity index (χ3v) is 4.36. The van der Waals surface area contributed by atoms with E-state index in [2.05, 4.69) is 4.99 Å². The van der Waals surface area contributed by atoms with Gasteiger partial charge < -0.3 is 5.11 Å². The summed E-state index contributed by atoms with van der Waals surface area (Å²) >= 11 is 6.01. The summed E-state index contributed by atoms with van der Waals surface area (Å²) in [6, 6.07) is 5.68. The second-order valence-electron chi connectivity index (χ2n) is 5.81. The van der Waals surface area contributed by atoms with Gasteiger partial charge in [0, 0.05) is 24.9 Å². The summed E-state index contributed by atoms with van der Waals surface area (Å²) in [6.45, 7) is 3.76. The molecule has 0 saturated heterocycles. The van der Waals surface area contributed by atoms with E-state index in [0.29, 0.717) is 12.0 Å². The second-order valence-corrected chi connectivity index (χ2v) is 6.22. The van der Waals surface area contributed by atoms with Gasteiger partial charge in [0.05, 0.1) is 21.2 Å². The molecule has 0 atom stereocenters. The first kappa shape index (κ1) is 20.1. The molecule has 2 rings (SSSR count). The monoisotopic (exact) mass is 388 g/mol. The Labute approximate surface area is 160 Å². The topological polar surface area (TPSA) is 122 Å². The predicted molar refractivity (Wildman–Crippen MR) is 102 cm³/mol. The van der Waals surface area contributed by atoms with E-state index in [0.717, 1.165) is 11.0 Å².